The van der Waals surface area contributed by atoms with Crippen molar-refractivity contribution >= 4 is 21.4 Å². The standard InChI is InChI=1S/C18H27N3O3S/c1-19-18(20-10-13-24-14-15-25(2,22)23)21-11-8-17(9-12-21)16-6-4-3-5-7-16/h3-8H,9-15H2,1-2H3,(H,19,20). The van der Waals surface area contributed by atoms with Crippen molar-refractivity contribution in [1.82, 2.24) is 10.2 Å². The molecule has 0 fully saturated rings. The maximum atomic E-state index is 11.0. The summed E-state index contributed by atoms with van der Waals surface area (Å²) in [6.07, 6.45) is 4.44. The van der Waals surface area contributed by atoms with Gasteiger partial charge in [-0.1, -0.05) is 36.4 Å². The summed E-state index contributed by atoms with van der Waals surface area (Å²) < 4.78 is 27.4. The van der Waals surface area contributed by atoms with E-state index in [0.717, 1.165) is 25.5 Å². The lowest BCUT2D eigenvalue weighted by molar-refractivity contribution is 0.153. The average molecular weight is 365 g/mol. The van der Waals surface area contributed by atoms with Gasteiger partial charge in [0.15, 0.2) is 5.96 Å². The predicted molar refractivity (Wildman–Crippen MR) is 103 cm³/mol. The molecule has 138 valence electrons. The maximum absolute atomic E-state index is 11.0. The Morgan fingerprint density at radius 3 is 2.64 bits per heavy atom. The van der Waals surface area contributed by atoms with Crippen LogP contribution in [-0.2, 0) is 14.6 Å². The third-order valence-corrected chi connectivity index (χ3v) is 4.90. The van der Waals surface area contributed by atoms with E-state index in [1.54, 1.807) is 7.05 Å². The van der Waals surface area contributed by atoms with Crippen LogP contribution in [0.3, 0.4) is 0 Å². The van der Waals surface area contributed by atoms with Crippen LogP contribution in [0.2, 0.25) is 0 Å². The number of nitrogens with zero attached hydrogens (tertiary/aromatic N) is 2. The Balaban J connectivity index is 1.74. The molecule has 2 rings (SSSR count). The van der Waals surface area contributed by atoms with Crippen molar-refractivity contribution < 1.29 is 13.2 Å². The number of hydrogen-bond acceptors (Lipinski definition) is 4. The summed E-state index contributed by atoms with van der Waals surface area (Å²) in [5, 5.41) is 3.26. The average Bonchev–Trinajstić information content (AvgIpc) is 2.61. The van der Waals surface area contributed by atoms with E-state index in [2.05, 4.69) is 45.6 Å². The molecule has 1 N–H and O–H groups in total. The van der Waals surface area contributed by atoms with Gasteiger partial charge in [0.25, 0.3) is 0 Å². The number of aliphatic imine (C=N–C) groups is 1. The summed E-state index contributed by atoms with van der Waals surface area (Å²) in [5.41, 5.74) is 2.65. The molecule has 0 atom stereocenters. The van der Waals surface area contributed by atoms with E-state index in [9.17, 15) is 8.42 Å². The quantitative estimate of drug-likeness (QED) is 0.449. The highest BCUT2D eigenvalue weighted by Gasteiger charge is 2.15. The largest absolute Gasteiger partial charge is 0.379 e. The van der Waals surface area contributed by atoms with E-state index in [1.165, 1.54) is 17.4 Å². The van der Waals surface area contributed by atoms with Crippen LogP contribution < -0.4 is 5.32 Å². The first kappa shape index (κ1) is 19.5. The van der Waals surface area contributed by atoms with Gasteiger partial charge in [-0.25, -0.2) is 8.42 Å². The van der Waals surface area contributed by atoms with Gasteiger partial charge >= 0.3 is 0 Å². The second kappa shape index (κ2) is 9.58. The summed E-state index contributed by atoms with van der Waals surface area (Å²) in [5.74, 6) is 0.899. The lowest BCUT2D eigenvalue weighted by Crippen LogP contribution is -2.44. The van der Waals surface area contributed by atoms with Gasteiger partial charge in [-0.2, -0.15) is 0 Å². The first-order valence-corrected chi connectivity index (χ1v) is 10.5. The molecule has 1 aliphatic rings. The smallest absolute Gasteiger partial charge is 0.194 e. The third-order valence-electron chi connectivity index (χ3n) is 3.99. The number of guanidine groups is 1. The van der Waals surface area contributed by atoms with Gasteiger partial charge in [-0.15, -0.1) is 0 Å². The fourth-order valence-electron chi connectivity index (χ4n) is 2.66. The second-order valence-corrected chi connectivity index (χ2v) is 8.27. The van der Waals surface area contributed by atoms with Gasteiger partial charge in [0, 0.05) is 32.9 Å². The minimum atomic E-state index is -2.96. The Morgan fingerprint density at radius 2 is 2.04 bits per heavy atom. The fraction of sp³-hybridized carbons (Fsp3) is 0.500. The van der Waals surface area contributed by atoms with Gasteiger partial charge in [0.2, 0.25) is 0 Å². The Morgan fingerprint density at radius 1 is 1.28 bits per heavy atom. The summed E-state index contributed by atoms with van der Waals surface area (Å²) in [6, 6.07) is 10.4. The Labute approximate surface area is 150 Å². The van der Waals surface area contributed by atoms with Crippen molar-refractivity contribution in [3.05, 3.63) is 42.0 Å². The summed E-state index contributed by atoms with van der Waals surface area (Å²) in [7, 11) is -1.19. The lowest BCUT2D eigenvalue weighted by atomic mass is 10.00. The highest BCUT2D eigenvalue weighted by atomic mass is 32.2. The monoisotopic (exact) mass is 365 g/mol. The Kier molecular flexibility index (Phi) is 7.46. The third kappa shape index (κ3) is 6.88. The molecule has 1 aliphatic heterocycles. The molecule has 0 aliphatic carbocycles. The molecule has 0 saturated heterocycles. The van der Waals surface area contributed by atoms with Crippen LogP contribution in [0.4, 0.5) is 0 Å². The predicted octanol–water partition coefficient (Wildman–Crippen LogP) is 1.41. The molecule has 6 nitrogen and oxygen atoms in total. The molecule has 1 heterocycles. The number of rotatable bonds is 7. The summed E-state index contributed by atoms with van der Waals surface area (Å²) in [4.78, 5) is 6.51. The molecule has 0 amide bonds. The van der Waals surface area contributed by atoms with Crippen LogP contribution in [0.5, 0.6) is 0 Å². The molecule has 0 radical (unpaired) electrons. The van der Waals surface area contributed by atoms with Crippen molar-refractivity contribution in [3.8, 4) is 0 Å². The number of ether oxygens (including phenoxy) is 1. The number of benzene rings is 1. The van der Waals surface area contributed by atoms with Gasteiger partial charge in [0.05, 0.1) is 19.0 Å². The highest BCUT2D eigenvalue weighted by molar-refractivity contribution is 7.90. The van der Waals surface area contributed by atoms with Gasteiger partial charge in [-0.05, 0) is 17.6 Å². The second-order valence-electron chi connectivity index (χ2n) is 6.01. The molecule has 0 aromatic heterocycles. The highest BCUT2D eigenvalue weighted by Crippen LogP contribution is 2.21. The molecule has 0 unspecified atom stereocenters. The van der Waals surface area contributed by atoms with Gasteiger partial charge in [-0.3, -0.25) is 4.99 Å². The number of nitrogens with one attached hydrogen (secondary N) is 1. The Hall–Kier alpha value is -1.86. The molecule has 1 aromatic carbocycles. The van der Waals surface area contributed by atoms with Crippen LogP contribution in [0.1, 0.15) is 12.0 Å². The van der Waals surface area contributed by atoms with Crippen LogP contribution in [-0.4, -0.2) is 71.2 Å². The van der Waals surface area contributed by atoms with Crippen molar-refractivity contribution in [1.29, 1.82) is 0 Å². The van der Waals surface area contributed by atoms with Crippen LogP contribution >= 0.6 is 0 Å². The normalized spacial score (nSPS) is 15.8. The Bertz CT molecular complexity index is 700. The zero-order valence-corrected chi connectivity index (χ0v) is 15.8. The van der Waals surface area contributed by atoms with Gasteiger partial charge in [0.1, 0.15) is 9.84 Å². The van der Waals surface area contributed by atoms with Gasteiger partial charge < -0.3 is 15.0 Å². The van der Waals surface area contributed by atoms with Crippen molar-refractivity contribution in [3.63, 3.8) is 0 Å². The maximum Gasteiger partial charge on any atom is 0.194 e. The molecule has 25 heavy (non-hydrogen) atoms. The molecule has 1 aromatic rings. The van der Waals surface area contributed by atoms with Crippen molar-refractivity contribution in [2.45, 2.75) is 6.42 Å². The lowest BCUT2D eigenvalue weighted by Gasteiger charge is -2.29. The zero-order valence-electron chi connectivity index (χ0n) is 14.9. The van der Waals surface area contributed by atoms with E-state index in [1.807, 2.05) is 6.07 Å². The van der Waals surface area contributed by atoms with E-state index in [0.29, 0.717) is 13.2 Å². The molecule has 7 heteroatoms. The number of hydrogen-bond donors (Lipinski definition) is 1. The van der Waals surface area contributed by atoms with Crippen LogP contribution in [0, 0.1) is 0 Å². The molecular formula is C18H27N3O3S. The van der Waals surface area contributed by atoms with Crippen molar-refractivity contribution in [2.75, 3.05) is 51.9 Å². The van der Waals surface area contributed by atoms with Crippen molar-refractivity contribution in [2.24, 2.45) is 4.99 Å². The summed E-state index contributed by atoms with van der Waals surface area (Å²) >= 11 is 0. The zero-order chi connectivity index (χ0) is 18.1. The minimum Gasteiger partial charge on any atom is -0.379 e. The molecular weight excluding hydrogens is 338 g/mol. The topological polar surface area (TPSA) is 71.0 Å². The van der Waals surface area contributed by atoms with Crippen LogP contribution in [0.25, 0.3) is 5.57 Å². The first-order valence-electron chi connectivity index (χ1n) is 8.45. The molecule has 0 spiro atoms. The van der Waals surface area contributed by atoms with E-state index < -0.39 is 9.84 Å². The van der Waals surface area contributed by atoms with E-state index in [4.69, 9.17) is 4.74 Å². The fourth-order valence-corrected chi connectivity index (χ4v) is 3.08. The molecule has 0 saturated carbocycles. The van der Waals surface area contributed by atoms with E-state index >= 15 is 0 Å². The van der Waals surface area contributed by atoms with E-state index in [-0.39, 0.29) is 12.4 Å². The van der Waals surface area contributed by atoms with Crippen LogP contribution in [0.15, 0.2) is 41.4 Å². The number of sulfone groups is 1. The summed E-state index contributed by atoms with van der Waals surface area (Å²) in [6.45, 7) is 3.01. The SMILES string of the molecule is CN=C(NCCOCCS(C)(=O)=O)N1CC=C(c2ccccc2)CC1. The molecule has 0 bridgehead atoms. The minimum absolute atomic E-state index is 0.0565. The first-order chi connectivity index (χ1) is 12.0.